The Labute approximate surface area is 169 Å². The highest BCUT2D eigenvalue weighted by Gasteiger charge is 2.27. The minimum Gasteiger partial charge on any atom is -0.370 e. The highest BCUT2D eigenvalue weighted by molar-refractivity contribution is 7.89. The van der Waals surface area contributed by atoms with Crippen molar-refractivity contribution in [1.29, 1.82) is 0 Å². The lowest BCUT2D eigenvalue weighted by atomic mass is 10.1. The highest BCUT2D eigenvalue weighted by Crippen LogP contribution is 2.20. The molecule has 3 aromatic rings. The van der Waals surface area contributed by atoms with Crippen LogP contribution in [0.15, 0.2) is 47.6 Å². The van der Waals surface area contributed by atoms with Crippen molar-refractivity contribution in [2.75, 3.05) is 45.1 Å². The largest absolute Gasteiger partial charge is 0.370 e. The van der Waals surface area contributed by atoms with E-state index in [-0.39, 0.29) is 10.7 Å². The molecule has 29 heavy (non-hydrogen) atoms. The molecule has 1 aliphatic heterocycles. The van der Waals surface area contributed by atoms with Crippen molar-refractivity contribution in [3.63, 3.8) is 0 Å². The first-order chi connectivity index (χ1) is 13.9. The minimum atomic E-state index is -3.50. The van der Waals surface area contributed by atoms with Crippen LogP contribution in [0.1, 0.15) is 5.56 Å². The second-order valence-electron chi connectivity index (χ2n) is 7.27. The molecule has 0 saturated carbocycles. The number of aromatic amines is 1. The molecule has 9 heteroatoms. The van der Waals surface area contributed by atoms with Crippen molar-refractivity contribution < 1.29 is 12.8 Å². The first-order valence-corrected chi connectivity index (χ1v) is 11.0. The van der Waals surface area contributed by atoms with Gasteiger partial charge in [0.05, 0.1) is 0 Å². The zero-order chi connectivity index (χ0) is 20.4. The molecule has 1 saturated heterocycles. The predicted molar refractivity (Wildman–Crippen MR) is 111 cm³/mol. The molecule has 0 bridgehead atoms. The lowest BCUT2D eigenvalue weighted by Crippen LogP contribution is -2.47. The predicted octanol–water partition coefficient (Wildman–Crippen LogP) is 2.29. The number of piperazine rings is 1. The second-order valence-corrected chi connectivity index (χ2v) is 9.21. The van der Waals surface area contributed by atoms with Crippen molar-refractivity contribution in [1.82, 2.24) is 19.2 Å². The first kappa shape index (κ1) is 19.8. The third kappa shape index (κ3) is 4.26. The fourth-order valence-corrected chi connectivity index (χ4v) is 4.87. The Balaban J connectivity index is 1.37. The number of fused-ring (bicyclic) bond motifs is 1. The van der Waals surface area contributed by atoms with Crippen LogP contribution in [0.5, 0.6) is 0 Å². The summed E-state index contributed by atoms with van der Waals surface area (Å²) in [6.07, 6.45) is 4.02. The summed E-state index contributed by atoms with van der Waals surface area (Å²) in [5.41, 5.74) is 1.86. The number of rotatable bonds is 6. The van der Waals surface area contributed by atoms with Crippen LogP contribution in [0.25, 0.3) is 10.9 Å². The number of anilines is 1. The molecule has 154 valence electrons. The van der Waals surface area contributed by atoms with E-state index in [0.717, 1.165) is 36.0 Å². The van der Waals surface area contributed by atoms with Gasteiger partial charge in [0, 0.05) is 56.0 Å². The van der Waals surface area contributed by atoms with E-state index in [9.17, 15) is 12.8 Å². The van der Waals surface area contributed by atoms with Gasteiger partial charge in [-0.2, -0.15) is 4.31 Å². The second kappa shape index (κ2) is 8.10. The Morgan fingerprint density at radius 3 is 2.69 bits per heavy atom. The number of likely N-dealkylation sites (N-methyl/N-ethyl adjacent to an activating group) is 1. The monoisotopic (exact) mass is 417 g/mol. The molecule has 0 aliphatic carbocycles. The number of pyridine rings is 1. The van der Waals surface area contributed by atoms with E-state index in [4.69, 9.17) is 0 Å². The Morgan fingerprint density at radius 2 is 1.97 bits per heavy atom. The molecule has 1 aliphatic rings. The SMILES string of the molecule is CN1CCN(S(=O)(=O)c2ccc(NCCc3c[nH]c4cc(F)ccc34)nc2)CC1. The third-order valence-corrected chi connectivity index (χ3v) is 7.15. The van der Waals surface area contributed by atoms with Gasteiger partial charge in [-0.25, -0.2) is 17.8 Å². The van der Waals surface area contributed by atoms with Gasteiger partial charge >= 0.3 is 0 Å². The molecule has 7 nitrogen and oxygen atoms in total. The quantitative estimate of drug-likeness (QED) is 0.643. The summed E-state index contributed by atoms with van der Waals surface area (Å²) in [7, 11) is -1.52. The molecule has 4 rings (SSSR count). The van der Waals surface area contributed by atoms with Crippen LogP contribution in [-0.2, 0) is 16.4 Å². The summed E-state index contributed by atoms with van der Waals surface area (Å²) >= 11 is 0. The van der Waals surface area contributed by atoms with Crippen molar-refractivity contribution in [2.24, 2.45) is 0 Å². The van der Waals surface area contributed by atoms with Gasteiger partial charge in [0.15, 0.2) is 0 Å². The fraction of sp³-hybridized carbons (Fsp3) is 0.350. The number of halogens is 1. The van der Waals surface area contributed by atoms with Crippen molar-refractivity contribution in [3.8, 4) is 0 Å². The van der Waals surface area contributed by atoms with E-state index in [1.807, 2.05) is 13.2 Å². The molecular weight excluding hydrogens is 393 g/mol. The number of sulfonamides is 1. The Kier molecular flexibility index (Phi) is 5.53. The van der Waals surface area contributed by atoms with Crippen molar-refractivity contribution in [2.45, 2.75) is 11.3 Å². The first-order valence-electron chi connectivity index (χ1n) is 9.57. The number of hydrogen-bond donors (Lipinski definition) is 2. The number of hydrogen-bond acceptors (Lipinski definition) is 5. The van der Waals surface area contributed by atoms with E-state index < -0.39 is 10.0 Å². The number of H-pyrrole nitrogens is 1. The zero-order valence-electron chi connectivity index (χ0n) is 16.2. The molecule has 0 unspecified atom stereocenters. The summed E-state index contributed by atoms with van der Waals surface area (Å²) in [4.78, 5) is 9.67. The molecule has 3 heterocycles. The van der Waals surface area contributed by atoms with Crippen LogP contribution in [-0.4, -0.2) is 67.4 Å². The fourth-order valence-electron chi connectivity index (χ4n) is 3.51. The minimum absolute atomic E-state index is 0.214. The average molecular weight is 418 g/mol. The smallest absolute Gasteiger partial charge is 0.244 e. The number of nitrogens with one attached hydrogen (secondary N) is 2. The van der Waals surface area contributed by atoms with Gasteiger partial charge in [-0.05, 0) is 49.4 Å². The van der Waals surface area contributed by atoms with E-state index in [0.29, 0.717) is 25.5 Å². The Morgan fingerprint density at radius 1 is 1.17 bits per heavy atom. The molecule has 0 atom stereocenters. The topological polar surface area (TPSA) is 81.3 Å². The number of aromatic nitrogens is 2. The van der Waals surface area contributed by atoms with Gasteiger partial charge < -0.3 is 15.2 Å². The van der Waals surface area contributed by atoms with Crippen molar-refractivity contribution >= 4 is 26.7 Å². The third-order valence-electron chi connectivity index (χ3n) is 5.27. The Hall–Kier alpha value is -2.49. The molecule has 2 N–H and O–H groups in total. The summed E-state index contributed by atoms with van der Waals surface area (Å²) < 4.78 is 40.3. The molecule has 0 spiro atoms. The average Bonchev–Trinajstić information content (AvgIpc) is 3.11. The van der Waals surface area contributed by atoms with Crippen LogP contribution in [0.3, 0.4) is 0 Å². The Bertz CT molecular complexity index is 1090. The highest BCUT2D eigenvalue weighted by atomic mass is 32.2. The van der Waals surface area contributed by atoms with Crippen LogP contribution in [0, 0.1) is 5.82 Å². The van der Waals surface area contributed by atoms with E-state index in [1.165, 1.54) is 22.6 Å². The number of nitrogens with zero attached hydrogens (tertiary/aromatic N) is 3. The van der Waals surface area contributed by atoms with Crippen LogP contribution < -0.4 is 5.32 Å². The maximum atomic E-state index is 13.3. The molecule has 1 fully saturated rings. The molecule has 0 amide bonds. The summed E-state index contributed by atoms with van der Waals surface area (Å²) in [5, 5.41) is 4.20. The van der Waals surface area contributed by atoms with E-state index in [1.54, 1.807) is 18.2 Å². The summed E-state index contributed by atoms with van der Waals surface area (Å²) in [5.74, 6) is 0.355. The molecule has 2 aromatic heterocycles. The van der Waals surface area contributed by atoms with Gasteiger partial charge in [0.25, 0.3) is 0 Å². The van der Waals surface area contributed by atoms with Crippen LogP contribution in [0.2, 0.25) is 0 Å². The maximum absolute atomic E-state index is 13.3. The maximum Gasteiger partial charge on any atom is 0.244 e. The van der Waals surface area contributed by atoms with Crippen molar-refractivity contribution in [3.05, 3.63) is 54.1 Å². The summed E-state index contributed by atoms with van der Waals surface area (Å²) in [6.45, 7) is 3.07. The van der Waals surface area contributed by atoms with Gasteiger partial charge in [0.2, 0.25) is 10.0 Å². The molecular formula is C20H24FN5O2S. The summed E-state index contributed by atoms with van der Waals surface area (Å²) in [6, 6.07) is 7.99. The lowest BCUT2D eigenvalue weighted by molar-refractivity contribution is 0.222. The van der Waals surface area contributed by atoms with Crippen LogP contribution in [0.4, 0.5) is 10.2 Å². The van der Waals surface area contributed by atoms with E-state index >= 15 is 0 Å². The standard InChI is InChI=1S/C20H24FN5O2S/c1-25-8-10-26(11-9-25)29(27,28)17-3-5-20(24-14-17)22-7-6-15-13-23-19-12-16(21)2-4-18(15)19/h2-5,12-14,23H,6-11H2,1H3,(H,22,24). The number of benzene rings is 1. The van der Waals surface area contributed by atoms with Gasteiger partial charge in [-0.1, -0.05) is 0 Å². The van der Waals surface area contributed by atoms with Gasteiger partial charge in [-0.15, -0.1) is 0 Å². The van der Waals surface area contributed by atoms with Gasteiger partial charge in [0.1, 0.15) is 16.5 Å². The lowest BCUT2D eigenvalue weighted by Gasteiger charge is -2.31. The normalized spacial score (nSPS) is 16.3. The van der Waals surface area contributed by atoms with E-state index in [2.05, 4.69) is 20.2 Å². The van der Waals surface area contributed by atoms with Gasteiger partial charge in [-0.3, -0.25) is 0 Å². The van der Waals surface area contributed by atoms with Crippen LogP contribution >= 0.6 is 0 Å². The molecule has 0 radical (unpaired) electrons. The zero-order valence-corrected chi connectivity index (χ0v) is 17.0. The molecule has 1 aromatic carbocycles.